The van der Waals surface area contributed by atoms with Crippen LogP contribution < -0.4 is 20.9 Å². The zero-order valence-electron chi connectivity index (χ0n) is 14.1. The second kappa shape index (κ2) is 9.72. The number of ether oxygens (including phenoxy) is 1. The zero-order valence-corrected chi connectivity index (χ0v) is 16.5. The normalized spacial score (nSPS) is 14.5. The number of hydrogen-bond donors (Lipinski definition) is 3. The fourth-order valence-electron chi connectivity index (χ4n) is 2.69. The van der Waals surface area contributed by atoms with Crippen molar-refractivity contribution >= 4 is 45.1 Å². The second-order valence-electron chi connectivity index (χ2n) is 6.02. The van der Waals surface area contributed by atoms with Crippen LogP contribution in [0.4, 0.5) is 0 Å². The fraction of sp³-hybridized carbons (Fsp3) is 0.471. The molecule has 1 aliphatic carbocycles. The molecule has 2 rings (SSSR count). The quantitative estimate of drug-likeness (QED) is 0.508. The molecule has 0 atom stereocenters. The van der Waals surface area contributed by atoms with Gasteiger partial charge >= 0.3 is 0 Å². The van der Waals surface area contributed by atoms with Crippen molar-refractivity contribution in [3.8, 4) is 5.75 Å². The van der Waals surface area contributed by atoms with E-state index in [2.05, 4.69) is 32.1 Å². The van der Waals surface area contributed by atoms with Gasteiger partial charge in [0.2, 0.25) is 5.91 Å². The van der Waals surface area contributed by atoms with E-state index in [9.17, 15) is 9.59 Å². The molecule has 1 saturated carbocycles. The minimum absolute atomic E-state index is 0.00733. The van der Waals surface area contributed by atoms with Gasteiger partial charge < -0.3 is 10.1 Å². The molecule has 0 aliphatic heterocycles. The summed E-state index contributed by atoms with van der Waals surface area (Å²) in [5, 5.41) is 2.70. The highest BCUT2D eigenvalue weighted by atomic mass is 79.9. The monoisotopic (exact) mass is 427 g/mol. The van der Waals surface area contributed by atoms with E-state index in [0.717, 1.165) is 35.7 Å². The third-order valence-electron chi connectivity index (χ3n) is 4.02. The van der Waals surface area contributed by atoms with Gasteiger partial charge in [-0.3, -0.25) is 20.4 Å². The number of thiocarbonyl (C=S) groups is 1. The Kier molecular flexibility index (Phi) is 7.64. The first-order valence-electron chi connectivity index (χ1n) is 8.24. The summed E-state index contributed by atoms with van der Waals surface area (Å²) < 4.78 is 6.41. The van der Waals surface area contributed by atoms with Crippen LogP contribution in [0.3, 0.4) is 0 Å². The van der Waals surface area contributed by atoms with Gasteiger partial charge in [0, 0.05) is 10.4 Å². The minimum atomic E-state index is -0.392. The molecule has 1 aromatic rings. The first-order chi connectivity index (χ1) is 12.0. The van der Waals surface area contributed by atoms with Gasteiger partial charge in [-0.05, 0) is 55.7 Å². The second-order valence-corrected chi connectivity index (χ2v) is 7.35. The van der Waals surface area contributed by atoms with Crippen molar-refractivity contribution in [2.24, 2.45) is 5.92 Å². The van der Waals surface area contributed by atoms with Crippen LogP contribution in [-0.4, -0.2) is 23.5 Å². The molecule has 25 heavy (non-hydrogen) atoms. The Morgan fingerprint density at radius 1 is 1.24 bits per heavy atom. The maximum atomic E-state index is 12.0. The molecule has 0 heterocycles. The summed E-state index contributed by atoms with van der Waals surface area (Å²) in [6.07, 6.45) is 5.10. The molecular formula is C17H22BrN3O3S. The summed E-state index contributed by atoms with van der Waals surface area (Å²) in [5.74, 6) is 0.157. The average Bonchev–Trinajstić information content (AvgIpc) is 2.60. The van der Waals surface area contributed by atoms with Crippen LogP contribution in [0.1, 0.15) is 37.7 Å². The van der Waals surface area contributed by atoms with Crippen LogP contribution in [0.5, 0.6) is 5.75 Å². The summed E-state index contributed by atoms with van der Waals surface area (Å²) >= 11 is 8.40. The summed E-state index contributed by atoms with van der Waals surface area (Å²) in [6.45, 7) is 1.74. The summed E-state index contributed by atoms with van der Waals surface area (Å²) in [4.78, 5) is 23.9. The van der Waals surface area contributed by atoms with Crippen LogP contribution in [0.25, 0.3) is 0 Å². The standard InChI is InChI=1S/C17H22BrN3O3S/c1-11-9-13(18)7-8-14(11)24-10-15(22)20-21-17(25)19-16(23)12-5-3-2-4-6-12/h7-9,12H,2-6,10H2,1H3,(H,20,22)(H2,19,21,23,25). The van der Waals surface area contributed by atoms with Crippen LogP contribution in [-0.2, 0) is 9.59 Å². The average molecular weight is 428 g/mol. The molecule has 136 valence electrons. The molecule has 6 nitrogen and oxygen atoms in total. The number of amides is 2. The maximum Gasteiger partial charge on any atom is 0.276 e. The SMILES string of the molecule is Cc1cc(Br)ccc1OCC(=O)NNC(=S)NC(=O)C1CCCCC1. The number of benzene rings is 1. The number of rotatable bonds is 4. The lowest BCUT2D eigenvalue weighted by Crippen LogP contribution is -2.50. The number of nitrogens with one attached hydrogen (secondary N) is 3. The Bertz CT molecular complexity index is 648. The van der Waals surface area contributed by atoms with Gasteiger partial charge in [0.1, 0.15) is 5.75 Å². The van der Waals surface area contributed by atoms with E-state index < -0.39 is 5.91 Å². The van der Waals surface area contributed by atoms with Crippen molar-refractivity contribution in [2.75, 3.05) is 6.61 Å². The highest BCUT2D eigenvalue weighted by molar-refractivity contribution is 9.10. The molecule has 0 bridgehead atoms. The number of aryl methyl sites for hydroxylation is 1. The smallest absolute Gasteiger partial charge is 0.276 e. The maximum absolute atomic E-state index is 12.0. The van der Waals surface area contributed by atoms with E-state index in [-0.39, 0.29) is 23.5 Å². The van der Waals surface area contributed by atoms with Crippen LogP contribution in [0, 0.1) is 12.8 Å². The number of halogens is 1. The van der Waals surface area contributed by atoms with E-state index in [0.29, 0.717) is 5.75 Å². The molecule has 1 aromatic carbocycles. The lowest BCUT2D eigenvalue weighted by atomic mass is 9.89. The van der Waals surface area contributed by atoms with E-state index in [1.807, 2.05) is 19.1 Å². The Hall–Kier alpha value is -1.67. The third kappa shape index (κ3) is 6.62. The van der Waals surface area contributed by atoms with Crippen molar-refractivity contribution in [3.63, 3.8) is 0 Å². The summed E-state index contributed by atoms with van der Waals surface area (Å²) in [7, 11) is 0. The van der Waals surface area contributed by atoms with Crippen molar-refractivity contribution in [1.82, 2.24) is 16.2 Å². The molecule has 0 saturated heterocycles. The molecule has 2 amide bonds. The topological polar surface area (TPSA) is 79.5 Å². The van der Waals surface area contributed by atoms with Gasteiger partial charge in [-0.2, -0.15) is 0 Å². The number of carbonyl (C=O) groups excluding carboxylic acids is 2. The first kappa shape index (κ1) is 19.7. The van der Waals surface area contributed by atoms with Crippen molar-refractivity contribution in [3.05, 3.63) is 28.2 Å². The van der Waals surface area contributed by atoms with Gasteiger partial charge in [0.25, 0.3) is 5.91 Å². The van der Waals surface area contributed by atoms with Gasteiger partial charge in [-0.1, -0.05) is 35.2 Å². The van der Waals surface area contributed by atoms with Crippen LogP contribution in [0.15, 0.2) is 22.7 Å². The number of carbonyl (C=O) groups is 2. The Balaban J connectivity index is 1.68. The fourth-order valence-corrected chi connectivity index (χ4v) is 3.32. The highest BCUT2D eigenvalue weighted by Crippen LogP contribution is 2.23. The van der Waals surface area contributed by atoms with Crippen molar-refractivity contribution in [2.45, 2.75) is 39.0 Å². The van der Waals surface area contributed by atoms with Crippen LogP contribution >= 0.6 is 28.1 Å². The molecule has 8 heteroatoms. The van der Waals surface area contributed by atoms with Gasteiger partial charge in [-0.15, -0.1) is 0 Å². The van der Waals surface area contributed by atoms with E-state index in [1.54, 1.807) is 6.07 Å². The minimum Gasteiger partial charge on any atom is -0.483 e. The van der Waals surface area contributed by atoms with Gasteiger partial charge in [0.05, 0.1) is 0 Å². The molecule has 0 unspecified atom stereocenters. The number of hydrogen-bond acceptors (Lipinski definition) is 4. The summed E-state index contributed by atoms with van der Waals surface area (Å²) in [6, 6.07) is 5.53. The number of hydrazine groups is 1. The predicted octanol–water partition coefficient (Wildman–Crippen LogP) is 2.74. The van der Waals surface area contributed by atoms with Gasteiger partial charge in [-0.25, -0.2) is 0 Å². The predicted molar refractivity (Wildman–Crippen MR) is 103 cm³/mol. The van der Waals surface area contributed by atoms with Crippen molar-refractivity contribution in [1.29, 1.82) is 0 Å². The van der Waals surface area contributed by atoms with E-state index in [1.165, 1.54) is 6.42 Å². The van der Waals surface area contributed by atoms with E-state index >= 15 is 0 Å². The molecular weight excluding hydrogens is 406 g/mol. The molecule has 0 radical (unpaired) electrons. The third-order valence-corrected chi connectivity index (χ3v) is 4.72. The van der Waals surface area contributed by atoms with Crippen molar-refractivity contribution < 1.29 is 14.3 Å². The largest absolute Gasteiger partial charge is 0.483 e. The lowest BCUT2D eigenvalue weighted by Gasteiger charge is -2.21. The Labute approximate surface area is 161 Å². The molecule has 0 spiro atoms. The van der Waals surface area contributed by atoms with Gasteiger partial charge in [0.15, 0.2) is 11.7 Å². The van der Waals surface area contributed by atoms with E-state index in [4.69, 9.17) is 17.0 Å². The van der Waals surface area contributed by atoms with Crippen LogP contribution in [0.2, 0.25) is 0 Å². The summed E-state index contributed by atoms with van der Waals surface area (Å²) in [5.41, 5.74) is 5.86. The highest BCUT2D eigenvalue weighted by Gasteiger charge is 2.21. The Morgan fingerprint density at radius 2 is 1.96 bits per heavy atom. The molecule has 1 aliphatic rings. The molecule has 3 N–H and O–H groups in total. The molecule has 0 aromatic heterocycles. The molecule has 1 fully saturated rings. The zero-order chi connectivity index (χ0) is 18.2. The lowest BCUT2D eigenvalue weighted by molar-refractivity contribution is -0.125. The Morgan fingerprint density at radius 3 is 2.64 bits per heavy atom. The first-order valence-corrected chi connectivity index (χ1v) is 9.44.